The van der Waals surface area contributed by atoms with Crippen molar-refractivity contribution in [2.45, 2.75) is 81.1 Å². The first-order valence-electron chi connectivity index (χ1n) is 11.9. The van der Waals surface area contributed by atoms with E-state index in [2.05, 4.69) is 64.7 Å². The summed E-state index contributed by atoms with van der Waals surface area (Å²) in [5, 5.41) is 0.731. The number of hydrogen-bond donors (Lipinski definition) is 0. The van der Waals surface area contributed by atoms with Crippen molar-refractivity contribution in [1.29, 1.82) is 0 Å². The van der Waals surface area contributed by atoms with Crippen LogP contribution >= 0.6 is 20.9 Å². The molecule has 172 valence electrons. The summed E-state index contributed by atoms with van der Waals surface area (Å²) in [5.41, 5.74) is 11.7. The molecular formula is C27H43Cl2NTi+2. The second-order valence-electron chi connectivity index (χ2n) is 10.8. The van der Waals surface area contributed by atoms with Gasteiger partial charge in [0.1, 0.15) is 0 Å². The number of halogens is 2. The van der Waals surface area contributed by atoms with Crippen LogP contribution in [0.15, 0.2) is 29.8 Å². The predicted molar refractivity (Wildman–Crippen MR) is 136 cm³/mol. The van der Waals surface area contributed by atoms with Gasteiger partial charge in [-0.3, -0.25) is 0 Å². The summed E-state index contributed by atoms with van der Waals surface area (Å²) in [7, 11) is 4.64. The quantitative estimate of drug-likeness (QED) is 0.361. The molecule has 0 aliphatic heterocycles. The normalized spacial score (nSPS) is 29.5. The summed E-state index contributed by atoms with van der Waals surface area (Å²) in [6.45, 7) is 18.7. The first-order chi connectivity index (χ1) is 14.4. The molecule has 2 saturated carbocycles. The van der Waals surface area contributed by atoms with Crippen molar-refractivity contribution in [3.05, 3.63) is 46.2 Å². The van der Waals surface area contributed by atoms with E-state index in [1.807, 2.05) is 24.3 Å². The van der Waals surface area contributed by atoms with Gasteiger partial charge in [0.15, 0.2) is 0 Å². The Labute approximate surface area is 213 Å². The van der Waals surface area contributed by atoms with Crippen LogP contribution in [0.3, 0.4) is 0 Å². The molecule has 1 aromatic carbocycles. The molecule has 1 N–H and O–H groups in total. The van der Waals surface area contributed by atoms with Crippen LogP contribution in [0.2, 0.25) is 5.02 Å². The summed E-state index contributed by atoms with van der Waals surface area (Å²) in [4.78, 5) is 0. The van der Waals surface area contributed by atoms with Crippen molar-refractivity contribution in [3.63, 3.8) is 0 Å². The maximum absolute atomic E-state index is 8.60. The van der Waals surface area contributed by atoms with Crippen LogP contribution in [0.5, 0.6) is 0 Å². The van der Waals surface area contributed by atoms with Gasteiger partial charge >= 0.3 is 28.7 Å². The van der Waals surface area contributed by atoms with Crippen molar-refractivity contribution in [2.75, 3.05) is 0 Å². The Morgan fingerprint density at radius 3 is 1.48 bits per heavy atom. The van der Waals surface area contributed by atoms with Crippen molar-refractivity contribution in [2.24, 2.45) is 40.9 Å². The third-order valence-electron chi connectivity index (χ3n) is 8.12. The van der Waals surface area contributed by atoms with Gasteiger partial charge in [0, 0.05) is 5.02 Å². The Hall–Kier alpha value is 0.0543. The fraction of sp³-hybridized carbons (Fsp3) is 0.704. The molecule has 0 aromatic heterocycles. The molecule has 1 aromatic rings. The van der Waals surface area contributed by atoms with E-state index in [0.717, 1.165) is 40.2 Å². The molecule has 0 spiro atoms. The molecule has 0 saturated heterocycles. The van der Waals surface area contributed by atoms with E-state index in [-0.39, 0.29) is 5.41 Å². The van der Waals surface area contributed by atoms with Crippen LogP contribution in [-0.2, 0) is 19.4 Å². The first-order valence-corrected chi connectivity index (χ1v) is 14.4. The first kappa shape index (κ1) is 29.1. The molecule has 3 rings (SSSR count). The molecule has 0 amide bonds. The number of allylic oxidation sites excluding steroid dienone is 1. The average molecular weight is 500 g/mol. The molecule has 2 aliphatic carbocycles. The van der Waals surface area contributed by atoms with Gasteiger partial charge in [-0.25, -0.2) is 0 Å². The van der Waals surface area contributed by atoms with E-state index >= 15 is 0 Å². The third-order valence-corrected chi connectivity index (χ3v) is 8.37. The molecular weight excluding hydrogens is 457 g/mol. The van der Waals surface area contributed by atoms with Gasteiger partial charge in [0.2, 0.25) is 0 Å². The minimum absolute atomic E-state index is 0.0612. The van der Waals surface area contributed by atoms with E-state index in [9.17, 15) is 0 Å². The zero-order valence-corrected chi connectivity index (χ0v) is 23.9. The van der Waals surface area contributed by atoms with E-state index in [1.165, 1.54) is 50.6 Å². The molecule has 1 nitrogen and oxygen atoms in total. The van der Waals surface area contributed by atoms with Gasteiger partial charge in [0.25, 0.3) is 0 Å². The topological polar surface area (TPSA) is 23.8 Å². The zero-order chi connectivity index (χ0) is 23.9. The summed E-state index contributed by atoms with van der Waals surface area (Å²) < 4.78 is 0. The minimum atomic E-state index is 0.0612. The number of hydrogen-bond acceptors (Lipinski definition) is 0. The molecule has 2 aliphatic rings. The van der Waals surface area contributed by atoms with E-state index in [0.29, 0.717) is 11.6 Å². The van der Waals surface area contributed by atoms with Gasteiger partial charge in [-0.15, -0.1) is 5.70 Å². The zero-order valence-electron chi connectivity index (χ0n) is 20.9. The Balaban J connectivity index is 0.000000337. The van der Waals surface area contributed by atoms with Crippen LogP contribution in [0.1, 0.15) is 86.6 Å². The summed E-state index contributed by atoms with van der Waals surface area (Å²) in [6.07, 6.45) is 5.08. The van der Waals surface area contributed by atoms with Gasteiger partial charge in [-0.05, 0) is 71.5 Å². The van der Waals surface area contributed by atoms with Crippen LogP contribution < -0.4 is 0 Å². The fourth-order valence-corrected chi connectivity index (χ4v) is 5.70. The second kappa shape index (κ2) is 13.1. The molecule has 0 unspecified atom stereocenters. The molecule has 4 heteroatoms. The molecule has 0 bridgehead atoms. The number of rotatable bonds is 2. The summed E-state index contributed by atoms with van der Waals surface area (Å²) in [5.74, 6) is 5.26. The molecule has 0 radical (unpaired) electrons. The molecule has 0 atom stereocenters. The Bertz CT molecular complexity index is 641. The van der Waals surface area contributed by atoms with Crippen LogP contribution in [-0.4, -0.2) is 0 Å². The summed E-state index contributed by atoms with van der Waals surface area (Å²) in [6, 6.07) is 7.68. The molecule has 0 heterocycles. The van der Waals surface area contributed by atoms with Gasteiger partial charge in [-0.2, -0.15) is 0 Å². The van der Waals surface area contributed by atoms with E-state index < -0.39 is 0 Å². The standard InChI is InChI=1S/C17H23ClN.C10H20.ClH.Ti/c1-17(2,3)15(12-6-4-5-7-12)16(19)13-8-10-14(18)11-9-13;1-6-7(2)9(4)10(5)8(6)3;;/h8-12,19H,4-7H2,1-3H3;6-10H,1-5H3;1H;/q-1;;;+4/p-1/b16-15+;;;. The van der Waals surface area contributed by atoms with Crippen LogP contribution in [0.4, 0.5) is 0 Å². The van der Waals surface area contributed by atoms with Gasteiger partial charge in [0.05, 0.1) is 0 Å². The van der Waals surface area contributed by atoms with Crippen LogP contribution in [0, 0.1) is 40.9 Å². The van der Waals surface area contributed by atoms with Crippen molar-refractivity contribution >= 4 is 26.6 Å². The SMILES string of the molecule is CC(C)(C)/C(=C(/[NH-])c1ccc(Cl)cc1)C1CCCC1.CC1C(C)C(C)C(C)C1C.[Cl][Ti+3]. The average Bonchev–Trinajstić information content (AvgIpc) is 3.31. The second-order valence-corrected chi connectivity index (χ2v) is 11.3. The molecule has 2 fully saturated rings. The Morgan fingerprint density at radius 1 is 0.806 bits per heavy atom. The Morgan fingerprint density at radius 2 is 1.16 bits per heavy atom. The van der Waals surface area contributed by atoms with E-state index in [4.69, 9.17) is 17.3 Å². The number of benzene rings is 1. The fourth-order valence-electron chi connectivity index (χ4n) is 5.57. The maximum atomic E-state index is 8.60. The van der Waals surface area contributed by atoms with Crippen molar-refractivity contribution < 1.29 is 19.4 Å². The Kier molecular flexibility index (Phi) is 12.3. The third kappa shape index (κ3) is 7.80. The van der Waals surface area contributed by atoms with Crippen molar-refractivity contribution in [1.82, 2.24) is 0 Å². The predicted octanol–water partition coefficient (Wildman–Crippen LogP) is 10.2. The summed E-state index contributed by atoms with van der Waals surface area (Å²) >= 11 is 7.41. The van der Waals surface area contributed by atoms with Gasteiger partial charge < -0.3 is 5.73 Å². The van der Waals surface area contributed by atoms with E-state index in [1.54, 1.807) is 0 Å². The number of nitrogens with one attached hydrogen (secondary N) is 1. The molecule has 31 heavy (non-hydrogen) atoms. The van der Waals surface area contributed by atoms with Gasteiger partial charge in [-0.1, -0.05) is 97.5 Å². The van der Waals surface area contributed by atoms with Crippen molar-refractivity contribution in [3.8, 4) is 0 Å². The van der Waals surface area contributed by atoms with Crippen LogP contribution in [0.25, 0.3) is 11.4 Å². The monoisotopic (exact) mass is 499 g/mol.